The Balaban J connectivity index is 1.75. The summed E-state index contributed by atoms with van der Waals surface area (Å²) in [5.74, 6) is -0.660. The molecule has 2 aliphatic rings. The van der Waals surface area contributed by atoms with E-state index in [-0.39, 0.29) is 11.7 Å². The molecule has 9 heteroatoms. The zero-order valence-electron chi connectivity index (χ0n) is 17.7. The molecule has 0 aromatic heterocycles. The van der Waals surface area contributed by atoms with Gasteiger partial charge in [0.25, 0.3) is 5.91 Å². The maximum atomic E-state index is 13.8. The molecule has 0 bridgehead atoms. The Morgan fingerprint density at radius 3 is 2.77 bits per heavy atom. The third-order valence-electron chi connectivity index (χ3n) is 5.19. The van der Waals surface area contributed by atoms with Gasteiger partial charge in [0, 0.05) is 38.8 Å². The number of ether oxygens (including phenoxy) is 1. The Bertz CT molecular complexity index is 883. The minimum Gasteiger partial charge on any atom is -0.410 e. The highest BCUT2D eigenvalue weighted by molar-refractivity contribution is 8.18. The molecule has 0 N–H and O–H groups in total. The highest BCUT2D eigenvalue weighted by atomic mass is 32.2. The summed E-state index contributed by atoms with van der Waals surface area (Å²) in [4.78, 5) is 34.8. The van der Waals surface area contributed by atoms with Gasteiger partial charge < -0.3 is 14.5 Å². The van der Waals surface area contributed by atoms with E-state index in [9.17, 15) is 14.0 Å². The molecule has 2 amide bonds. The van der Waals surface area contributed by atoms with Crippen LogP contribution < -0.4 is 4.74 Å². The number of rotatable bonds is 5. The van der Waals surface area contributed by atoms with Crippen molar-refractivity contribution in [1.82, 2.24) is 14.7 Å². The smallest absolute Gasteiger partial charge is 0.410 e. The van der Waals surface area contributed by atoms with Crippen molar-refractivity contribution in [3.05, 3.63) is 34.5 Å². The van der Waals surface area contributed by atoms with Gasteiger partial charge in [-0.3, -0.25) is 9.69 Å². The fourth-order valence-electron chi connectivity index (χ4n) is 3.54. The first kappa shape index (κ1) is 22.3. The molecular weight excluding hydrogens is 407 g/mol. The number of hydrogen-bond donors (Lipinski definition) is 0. The van der Waals surface area contributed by atoms with Gasteiger partial charge in [-0.05, 0) is 55.5 Å². The van der Waals surface area contributed by atoms with E-state index >= 15 is 0 Å². The number of halogens is 1. The molecular formula is C21H27FN4O3S. The van der Waals surface area contributed by atoms with Crippen molar-refractivity contribution in [2.24, 2.45) is 4.99 Å². The van der Waals surface area contributed by atoms with Crippen LogP contribution in [0.25, 0.3) is 6.08 Å². The average Bonchev–Trinajstić information content (AvgIpc) is 3.32. The fourth-order valence-corrected chi connectivity index (χ4v) is 4.48. The Morgan fingerprint density at radius 2 is 2.10 bits per heavy atom. The van der Waals surface area contributed by atoms with Crippen LogP contribution >= 0.6 is 11.8 Å². The van der Waals surface area contributed by atoms with Crippen LogP contribution in [-0.4, -0.2) is 78.2 Å². The number of hydrogen-bond acceptors (Lipinski definition) is 6. The van der Waals surface area contributed by atoms with E-state index in [1.165, 1.54) is 40.9 Å². The molecule has 1 unspecified atom stereocenters. The zero-order chi connectivity index (χ0) is 21.8. The van der Waals surface area contributed by atoms with Gasteiger partial charge >= 0.3 is 6.09 Å². The van der Waals surface area contributed by atoms with E-state index in [2.05, 4.69) is 28.6 Å². The number of amides is 2. The summed E-state index contributed by atoms with van der Waals surface area (Å²) in [6.07, 6.45) is 1.98. The zero-order valence-corrected chi connectivity index (χ0v) is 18.5. The van der Waals surface area contributed by atoms with Crippen molar-refractivity contribution < 1.29 is 18.7 Å². The van der Waals surface area contributed by atoms with Gasteiger partial charge in [-0.1, -0.05) is 13.8 Å². The first-order chi connectivity index (χ1) is 14.3. The molecule has 1 aromatic rings. The first-order valence-electron chi connectivity index (χ1n) is 10.0. The van der Waals surface area contributed by atoms with Crippen molar-refractivity contribution in [3.63, 3.8) is 0 Å². The topological polar surface area (TPSA) is 65.5 Å². The number of amidine groups is 1. The molecule has 7 nitrogen and oxygen atoms in total. The van der Waals surface area contributed by atoms with E-state index in [0.29, 0.717) is 21.7 Å². The molecule has 1 saturated heterocycles. The molecule has 0 spiro atoms. The Labute approximate surface area is 180 Å². The SMILES string of the molecule is CCN(CC)C1CCN(C2=NC(=O)C(=Cc3cc(F)ccc3OC(=O)N(C)C)S2)C1. The maximum Gasteiger partial charge on any atom is 0.414 e. The number of carbonyl (C=O) groups is 2. The van der Waals surface area contributed by atoms with Crippen LogP contribution in [0.15, 0.2) is 28.1 Å². The third-order valence-corrected chi connectivity index (χ3v) is 6.24. The summed E-state index contributed by atoms with van der Waals surface area (Å²) >= 11 is 1.28. The molecule has 0 radical (unpaired) electrons. The molecule has 162 valence electrons. The largest absolute Gasteiger partial charge is 0.414 e. The van der Waals surface area contributed by atoms with Gasteiger partial charge in [-0.25, -0.2) is 9.18 Å². The monoisotopic (exact) mass is 434 g/mol. The molecule has 0 aliphatic carbocycles. The first-order valence-corrected chi connectivity index (χ1v) is 10.8. The fraction of sp³-hybridized carbons (Fsp3) is 0.476. The number of likely N-dealkylation sites (tertiary alicyclic amines) is 1. The molecule has 1 fully saturated rings. The van der Waals surface area contributed by atoms with Crippen molar-refractivity contribution in [2.75, 3.05) is 40.3 Å². The predicted octanol–water partition coefficient (Wildman–Crippen LogP) is 3.27. The van der Waals surface area contributed by atoms with Gasteiger partial charge in [0.1, 0.15) is 11.6 Å². The van der Waals surface area contributed by atoms with E-state index < -0.39 is 11.9 Å². The molecule has 1 atom stereocenters. The normalized spacial score (nSPS) is 20.3. The number of aliphatic imine (C=N–C) groups is 1. The number of thioether (sulfide) groups is 1. The van der Waals surface area contributed by atoms with Crippen molar-refractivity contribution >= 4 is 35.0 Å². The summed E-state index contributed by atoms with van der Waals surface area (Å²) in [6.45, 7) is 7.97. The number of carbonyl (C=O) groups excluding carboxylic acids is 2. The summed E-state index contributed by atoms with van der Waals surface area (Å²) < 4.78 is 19.1. The summed E-state index contributed by atoms with van der Waals surface area (Å²) in [7, 11) is 3.12. The van der Waals surface area contributed by atoms with Gasteiger partial charge in [-0.2, -0.15) is 4.99 Å². The molecule has 2 aliphatic heterocycles. The van der Waals surface area contributed by atoms with E-state index in [1.807, 2.05) is 0 Å². The Hall–Kier alpha value is -2.39. The lowest BCUT2D eigenvalue weighted by molar-refractivity contribution is -0.113. The summed E-state index contributed by atoms with van der Waals surface area (Å²) in [6, 6.07) is 4.28. The van der Waals surface area contributed by atoms with Crippen LogP contribution in [0.4, 0.5) is 9.18 Å². The van der Waals surface area contributed by atoms with Crippen molar-refractivity contribution in [3.8, 4) is 5.75 Å². The van der Waals surface area contributed by atoms with Crippen molar-refractivity contribution in [2.45, 2.75) is 26.3 Å². The van der Waals surface area contributed by atoms with Crippen molar-refractivity contribution in [1.29, 1.82) is 0 Å². The highest BCUT2D eigenvalue weighted by Gasteiger charge is 2.33. The van der Waals surface area contributed by atoms with Crippen LogP contribution in [0.1, 0.15) is 25.8 Å². The molecule has 30 heavy (non-hydrogen) atoms. The van der Waals surface area contributed by atoms with E-state index in [0.717, 1.165) is 32.6 Å². The summed E-state index contributed by atoms with van der Waals surface area (Å²) in [5, 5.41) is 0.671. The number of likely N-dealkylation sites (N-methyl/N-ethyl adjacent to an activating group) is 1. The van der Waals surface area contributed by atoms with Gasteiger partial charge in [0.2, 0.25) is 0 Å². The number of benzene rings is 1. The number of nitrogens with zero attached hydrogens (tertiary/aromatic N) is 4. The Kier molecular flexibility index (Phi) is 7.14. The van der Waals surface area contributed by atoms with E-state index in [1.54, 1.807) is 14.1 Å². The van der Waals surface area contributed by atoms with Crippen LogP contribution in [0.5, 0.6) is 5.75 Å². The molecule has 3 rings (SSSR count). The van der Waals surface area contributed by atoms with Crippen LogP contribution in [-0.2, 0) is 4.79 Å². The minimum atomic E-state index is -0.580. The van der Waals surface area contributed by atoms with Gasteiger partial charge in [-0.15, -0.1) is 0 Å². The van der Waals surface area contributed by atoms with Gasteiger partial charge in [0.05, 0.1) is 4.91 Å². The second-order valence-corrected chi connectivity index (χ2v) is 8.37. The minimum absolute atomic E-state index is 0.187. The predicted molar refractivity (Wildman–Crippen MR) is 117 cm³/mol. The standard InChI is InChI=1S/C21H27FN4O3S/c1-5-25(6-2)16-9-10-26(13-16)20-23-19(27)18(30-20)12-14-11-15(22)7-8-17(14)29-21(28)24(3)4/h7-8,11-12,16H,5-6,9-10,13H2,1-4H3. The lowest BCUT2D eigenvalue weighted by Crippen LogP contribution is -2.38. The molecule has 2 heterocycles. The molecule has 1 aromatic carbocycles. The van der Waals surface area contributed by atoms with Crippen LogP contribution in [0.3, 0.4) is 0 Å². The summed E-state index contributed by atoms with van der Waals surface area (Å²) in [5.41, 5.74) is 0.319. The second-order valence-electron chi connectivity index (χ2n) is 7.36. The average molecular weight is 435 g/mol. The van der Waals surface area contributed by atoms with E-state index in [4.69, 9.17) is 4.74 Å². The van der Waals surface area contributed by atoms with Gasteiger partial charge in [0.15, 0.2) is 5.17 Å². The van der Waals surface area contributed by atoms with Crippen LogP contribution in [0.2, 0.25) is 0 Å². The van der Waals surface area contributed by atoms with Crippen LogP contribution in [0, 0.1) is 5.82 Å². The maximum absolute atomic E-state index is 13.8. The lowest BCUT2D eigenvalue weighted by atomic mass is 10.2. The highest BCUT2D eigenvalue weighted by Crippen LogP contribution is 2.34. The third kappa shape index (κ3) is 5.02. The quantitative estimate of drug-likeness (QED) is 0.663. The second kappa shape index (κ2) is 9.61. The lowest BCUT2D eigenvalue weighted by Gasteiger charge is -2.26. The Morgan fingerprint density at radius 1 is 1.37 bits per heavy atom. The molecule has 0 saturated carbocycles.